The van der Waals surface area contributed by atoms with Crippen LogP contribution in [-0.2, 0) is 21.4 Å². The third-order valence-corrected chi connectivity index (χ3v) is 10.2. The Kier molecular flexibility index (Phi) is 11.2. The molecule has 2 aromatic carbocycles. The first-order valence-electron chi connectivity index (χ1n) is 16.2. The molecule has 2 aliphatic rings. The fraction of sp³-hybridized carbons (Fsp3) is 0.471. The quantitative estimate of drug-likeness (QED) is 0.233. The minimum atomic E-state index is -3.35. The number of nitrogens with zero attached hydrogens (tertiary/aromatic N) is 2. The van der Waals surface area contributed by atoms with Gasteiger partial charge in [-0.25, -0.2) is 12.7 Å². The number of hydrogen-bond donors (Lipinski definition) is 4. The largest absolute Gasteiger partial charge is 0.350 e. The molecule has 1 aliphatic carbocycles. The highest BCUT2D eigenvalue weighted by Gasteiger charge is 2.30. The second kappa shape index (κ2) is 15.5. The highest BCUT2D eigenvalue weighted by Crippen LogP contribution is 2.28. The number of piperidine rings is 1. The van der Waals surface area contributed by atoms with Crippen molar-refractivity contribution >= 4 is 27.7 Å². The van der Waals surface area contributed by atoms with Crippen LogP contribution < -0.4 is 16.0 Å². The minimum Gasteiger partial charge on any atom is -0.350 e. The Morgan fingerprint density at radius 1 is 0.957 bits per heavy atom. The van der Waals surface area contributed by atoms with Crippen molar-refractivity contribution in [3.05, 3.63) is 77.5 Å². The number of rotatable bonds is 12. The first kappa shape index (κ1) is 33.3. The topological polar surface area (TPSA) is 153 Å². The normalized spacial score (nSPS) is 18.4. The molecular formula is C34H44N6O5S. The van der Waals surface area contributed by atoms with E-state index in [1.807, 2.05) is 30.3 Å². The van der Waals surface area contributed by atoms with Crippen LogP contribution in [0.2, 0.25) is 0 Å². The summed E-state index contributed by atoms with van der Waals surface area (Å²) in [6.45, 7) is 0.949. The second-order valence-electron chi connectivity index (χ2n) is 12.5. The highest BCUT2D eigenvalue weighted by molar-refractivity contribution is 7.88. The lowest BCUT2D eigenvalue weighted by atomic mass is 9.85. The van der Waals surface area contributed by atoms with Crippen molar-refractivity contribution in [2.75, 3.05) is 19.3 Å². The number of aromatic nitrogens is 2. The fourth-order valence-corrected chi connectivity index (χ4v) is 7.21. The van der Waals surface area contributed by atoms with Crippen LogP contribution in [0.25, 0.3) is 11.3 Å². The second-order valence-corrected chi connectivity index (χ2v) is 14.5. The molecule has 5 rings (SSSR count). The van der Waals surface area contributed by atoms with Crippen LogP contribution in [0, 0.1) is 5.92 Å². The molecule has 0 radical (unpaired) electrons. The molecule has 1 aliphatic heterocycles. The Morgan fingerprint density at radius 2 is 1.70 bits per heavy atom. The number of sulfonamides is 1. The average Bonchev–Trinajstić information content (AvgIpc) is 3.57. The van der Waals surface area contributed by atoms with Crippen molar-refractivity contribution in [1.82, 2.24) is 30.5 Å². The Morgan fingerprint density at radius 3 is 2.41 bits per heavy atom. The number of aromatic amines is 1. The molecule has 2 atom stereocenters. The van der Waals surface area contributed by atoms with Gasteiger partial charge in [0.25, 0.3) is 11.8 Å². The van der Waals surface area contributed by atoms with Gasteiger partial charge in [-0.15, -0.1) is 0 Å². The van der Waals surface area contributed by atoms with Gasteiger partial charge >= 0.3 is 0 Å². The number of nitrogens with one attached hydrogen (secondary N) is 4. The van der Waals surface area contributed by atoms with Gasteiger partial charge in [-0.2, -0.15) is 5.10 Å². The van der Waals surface area contributed by atoms with Crippen LogP contribution >= 0.6 is 0 Å². The number of carbonyl (C=O) groups excluding carboxylic acids is 3. The van der Waals surface area contributed by atoms with Crippen molar-refractivity contribution in [3.8, 4) is 11.3 Å². The van der Waals surface area contributed by atoms with Gasteiger partial charge in [-0.1, -0.05) is 74.6 Å². The maximum atomic E-state index is 13.5. The molecular weight excluding hydrogens is 604 g/mol. The number of amides is 3. The zero-order valence-corrected chi connectivity index (χ0v) is 27.2. The predicted octanol–water partition coefficient (Wildman–Crippen LogP) is 4.01. The first-order chi connectivity index (χ1) is 22.2. The summed E-state index contributed by atoms with van der Waals surface area (Å²) >= 11 is 0. The van der Waals surface area contributed by atoms with E-state index in [-0.39, 0.29) is 36.9 Å². The molecule has 11 nitrogen and oxygen atoms in total. The van der Waals surface area contributed by atoms with Crippen LogP contribution in [0.3, 0.4) is 0 Å². The summed E-state index contributed by atoms with van der Waals surface area (Å²) in [5, 5.41) is 15.8. The monoisotopic (exact) mass is 648 g/mol. The zero-order chi connectivity index (χ0) is 32.5. The van der Waals surface area contributed by atoms with E-state index in [0.717, 1.165) is 30.4 Å². The van der Waals surface area contributed by atoms with Gasteiger partial charge in [0, 0.05) is 36.8 Å². The van der Waals surface area contributed by atoms with E-state index in [9.17, 15) is 22.8 Å². The molecule has 1 aromatic heterocycles. The number of carbonyl (C=O) groups is 3. The maximum Gasteiger partial charge on any atom is 0.269 e. The Hall–Kier alpha value is -4.03. The molecule has 246 valence electrons. The smallest absolute Gasteiger partial charge is 0.269 e. The fourth-order valence-electron chi connectivity index (χ4n) is 6.30. The molecule has 46 heavy (non-hydrogen) atoms. The molecule has 3 amide bonds. The summed E-state index contributed by atoms with van der Waals surface area (Å²) in [7, 11) is -3.35. The lowest BCUT2D eigenvalue weighted by Crippen LogP contribution is -2.54. The van der Waals surface area contributed by atoms with E-state index >= 15 is 0 Å². The summed E-state index contributed by atoms with van der Waals surface area (Å²) in [6.07, 6.45) is 9.82. The summed E-state index contributed by atoms with van der Waals surface area (Å²) in [4.78, 5) is 39.5. The summed E-state index contributed by atoms with van der Waals surface area (Å²) in [5.41, 5.74) is 3.17. The van der Waals surface area contributed by atoms with Gasteiger partial charge in [0.2, 0.25) is 15.9 Å². The van der Waals surface area contributed by atoms with Crippen molar-refractivity contribution in [3.63, 3.8) is 0 Å². The van der Waals surface area contributed by atoms with Crippen LogP contribution in [0.4, 0.5) is 0 Å². The van der Waals surface area contributed by atoms with Gasteiger partial charge in [0.1, 0.15) is 11.7 Å². The van der Waals surface area contributed by atoms with E-state index in [2.05, 4.69) is 26.1 Å². The van der Waals surface area contributed by atoms with Crippen molar-refractivity contribution in [2.24, 2.45) is 5.92 Å². The van der Waals surface area contributed by atoms with Crippen LogP contribution in [0.1, 0.15) is 84.2 Å². The van der Waals surface area contributed by atoms with Gasteiger partial charge < -0.3 is 16.0 Å². The molecule has 2 heterocycles. The Bertz CT molecular complexity index is 1590. The SMILES string of the molecule is CS(=O)(=O)N1CCCC(NC(=O)[C@H](CCC2CCCCC2)NC(=O)c2ccc(CNC(=O)c3cc(-c4ccccc4)n[nH]3)cc2)C1. The number of H-pyrrole nitrogens is 1. The molecule has 0 spiro atoms. The van der Waals surface area contributed by atoms with E-state index in [4.69, 9.17) is 0 Å². The number of hydrogen-bond acceptors (Lipinski definition) is 6. The predicted molar refractivity (Wildman–Crippen MR) is 176 cm³/mol. The molecule has 1 saturated carbocycles. The van der Waals surface area contributed by atoms with Gasteiger partial charge in [0.15, 0.2) is 0 Å². The molecule has 1 saturated heterocycles. The average molecular weight is 649 g/mol. The zero-order valence-electron chi connectivity index (χ0n) is 26.3. The van der Waals surface area contributed by atoms with Crippen molar-refractivity contribution < 1.29 is 22.8 Å². The number of benzene rings is 2. The molecule has 0 bridgehead atoms. The first-order valence-corrected chi connectivity index (χ1v) is 18.0. The lowest BCUT2D eigenvalue weighted by Gasteiger charge is -2.32. The maximum absolute atomic E-state index is 13.5. The Labute approximate surface area is 271 Å². The van der Waals surface area contributed by atoms with Gasteiger partial charge in [-0.3, -0.25) is 19.5 Å². The standard InChI is InChI=1S/C34H44N6O5S/c1-46(44,45)40-20-8-13-28(23-40)36-34(43)29(19-16-24-9-4-2-5-10-24)37-32(41)27-17-14-25(15-18-27)22-35-33(42)31-21-30(38-39-31)26-11-6-3-7-12-26/h3,6-7,11-12,14-15,17-18,21,24,28-29H,2,4-5,8-10,13,16,19-20,22-23H2,1H3,(H,35,42)(H,36,43)(H,37,41)(H,38,39)/t28?,29-/m0/s1. The summed E-state index contributed by atoms with van der Waals surface area (Å²) in [5.74, 6) is -0.386. The molecule has 1 unspecified atom stereocenters. The van der Waals surface area contributed by atoms with E-state index < -0.39 is 16.1 Å². The van der Waals surface area contributed by atoms with E-state index in [1.165, 1.54) is 29.8 Å². The van der Waals surface area contributed by atoms with Crippen molar-refractivity contribution in [2.45, 2.75) is 76.4 Å². The van der Waals surface area contributed by atoms with Crippen LogP contribution in [0.5, 0.6) is 0 Å². The van der Waals surface area contributed by atoms with Crippen LogP contribution in [-0.4, -0.2) is 72.1 Å². The lowest BCUT2D eigenvalue weighted by molar-refractivity contribution is -0.124. The van der Waals surface area contributed by atoms with Crippen molar-refractivity contribution in [1.29, 1.82) is 0 Å². The van der Waals surface area contributed by atoms with Gasteiger partial charge in [0.05, 0.1) is 11.9 Å². The van der Waals surface area contributed by atoms with Gasteiger partial charge in [-0.05, 0) is 55.4 Å². The Balaban J connectivity index is 1.17. The molecule has 4 N–H and O–H groups in total. The molecule has 12 heteroatoms. The third-order valence-electron chi connectivity index (χ3n) is 8.97. The van der Waals surface area contributed by atoms with Crippen LogP contribution in [0.15, 0.2) is 60.7 Å². The minimum absolute atomic E-state index is 0.237. The molecule has 2 fully saturated rings. The van der Waals surface area contributed by atoms with E-state index in [0.29, 0.717) is 48.7 Å². The highest BCUT2D eigenvalue weighted by atomic mass is 32.2. The third kappa shape index (κ3) is 9.26. The molecule has 3 aromatic rings. The summed E-state index contributed by atoms with van der Waals surface area (Å²) < 4.78 is 25.6. The van der Waals surface area contributed by atoms with E-state index in [1.54, 1.807) is 30.3 Å². The summed E-state index contributed by atoms with van der Waals surface area (Å²) in [6, 6.07) is 17.2.